The summed E-state index contributed by atoms with van der Waals surface area (Å²) in [6.07, 6.45) is 5.74. The average Bonchev–Trinajstić information content (AvgIpc) is 2.84. The van der Waals surface area contributed by atoms with E-state index in [4.69, 9.17) is 4.74 Å². The summed E-state index contributed by atoms with van der Waals surface area (Å²) < 4.78 is 5.78. The molecule has 0 spiro atoms. The lowest BCUT2D eigenvalue weighted by Crippen LogP contribution is -2.39. The molecule has 1 aliphatic rings. The number of thioether (sulfide) groups is 1. The summed E-state index contributed by atoms with van der Waals surface area (Å²) >= 11 is 1.28. The third kappa shape index (κ3) is 5.40. The number of benzene rings is 2. The molecule has 2 N–H and O–H groups in total. The predicted molar refractivity (Wildman–Crippen MR) is 126 cm³/mol. The summed E-state index contributed by atoms with van der Waals surface area (Å²) in [5.41, 5.74) is 1.80. The van der Waals surface area contributed by atoms with Gasteiger partial charge in [0.1, 0.15) is 6.61 Å². The van der Waals surface area contributed by atoms with Crippen LogP contribution in [0.4, 0.5) is 0 Å². The first-order valence-electron chi connectivity index (χ1n) is 10.8. The minimum absolute atomic E-state index is 0.0299. The number of aromatic nitrogens is 2. The van der Waals surface area contributed by atoms with Crippen molar-refractivity contribution >= 4 is 17.7 Å². The maximum Gasteiger partial charge on any atom is 0.294 e. The third-order valence-electron chi connectivity index (χ3n) is 5.77. The Morgan fingerprint density at radius 2 is 1.84 bits per heavy atom. The smallest absolute Gasteiger partial charge is 0.294 e. The molecule has 0 saturated heterocycles. The molecule has 32 heavy (non-hydrogen) atoms. The van der Waals surface area contributed by atoms with E-state index in [9.17, 15) is 9.59 Å². The zero-order valence-corrected chi connectivity index (χ0v) is 18.9. The molecule has 0 bridgehead atoms. The number of nitrogens with zero attached hydrogens (tertiary/aromatic N) is 1. The minimum Gasteiger partial charge on any atom is -0.481 e. The fraction of sp³-hybridized carbons (Fsp3) is 0.320. The highest BCUT2D eigenvalue weighted by atomic mass is 32.2. The van der Waals surface area contributed by atoms with Gasteiger partial charge in [-0.05, 0) is 42.6 Å². The van der Waals surface area contributed by atoms with Crippen LogP contribution in [-0.4, -0.2) is 28.2 Å². The van der Waals surface area contributed by atoms with Gasteiger partial charge in [-0.1, -0.05) is 78.8 Å². The SMILES string of the molecule is CSc1nc(C(=O)NC2CCCC(c3ccccc3)C2)c(OCc2ccccc2)c(=O)[nH]1. The molecule has 3 aromatic rings. The van der Waals surface area contributed by atoms with Crippen LogP contribution in [0.25, 0.3) is 0 Å². The summed E-state index contributed by atoms with van der Waals surface area (Å²) in [6.45, 7) is 0.185. The predicted octanol–water partition coefficient (Wildman–Crippen LogP) is 4.53. The van der Waals surface area contributed by atoms with E-state index in [0.717, 1.165) is 31.2 Å². The third-order valence-corrected chi connectivity index (χ3v) is 6.35. The van der Waals surface area contributed by atoms with Crippen LogP contribution in [-0.2, 0) is 6.61 Å². The van der Waals surface area contributed by atoms with Gasteiger partial charge in [0.25, 0.3) is 11.5 Å². The molecule has 1 aromatic heterocycles. The van der Waals surface area contributed by atoms with Crippen LogP contribution in [0.3, 0.4) is 0 Å². The van der Waals surface area contributed by atoms with E-state index in [2.05, 4.69) is 39.6 Å². The van der Waals surface area contributed by atoms with Crippen LogP contribution in [0, 0.1) is 0 Å². The number of amides is 1. The van der Waals surface area contributed by atoms with E-state index in [1.807, 2.05) is 36.4 Å². The highest BCUT2D eigenvalue weighted by Gasteiger charge is 2.27. The number of hydrogen-bond donors (Lipinski definition) is 2. The van der Waals surface area contributed by atoms with Gasteiger partial charge in [-0.2, -0.15) is 0 Å². The second-order valence-electron chi connectivity index (χ2n) is 7.97. The second kappa shape index (κ2) is 10.5. The molecule has 0 radical (unpaired) electrons. The standard InChI is InChI=1S/C25H27N3O3S/c1-32-25-27-21(22(24(30)28-25)31-16-17-9-4-2-5-10-17)23(29)26-20-14-8-13-19(15-20)18-11-6-3-7-12-18/h2-7,9-12,19-20H,8,13-16H2,1H3,(H,26,29)(H,27,28,30). The van der Waals surface area contributed by atoms with Gasteiger partial charge in [0.2, 0.25) is 5.75 Å². The Hall–Kier alpha value is -3.06. The second-order valence-corrected chi connectivity index (χ2v) is 8.77. The van der Waals surface area contributed by atoms with Gasteiger partial charge in [0.15, 0.2) is 10.9 Å². The molecule has 1 heterocycles. The Balaban J connectivity index is 1.51. The fourth-order valence-corrected chi connectivity index (χ4v) is 4.54. The Morgan fingerprint density at radius 1 is 1.12 bits per heavy atom. The first-order chi connectivity index (χ1) is 15.6. The fourth-order valence-electron chi connectivity index (χ4n) is 4.16. The molecular formula is C25H27N3O3S. The maximum atomic E-state index is 13.2. The summed E-state index contributed by atoms with van der Waals surface area (Å²) in [5, 5.41) is 3.50. The molecule has 7 heteroatoms. The van der Waals surface area contributed by atoms with Gasteiger partial charge in [0.05, 0.1) is 0 Å². The molecule has 1 aliphatic carbocycles. The van der Waals surface area contributed by atoms with Crippen molar-refractivity contribution in [1.82, 2.24) is 15.3 Å². The van der Waals surface area contributed by atoms with Crippen LogP contribution in [0.1, 0.15) is 53.2 Å². The highest BCUT2D eigenvalue weighted by molar-refractivity contribution is 7.98. The zero-order chi connectivity index (χ0) is 22.3. The van der Waals surface area contributed by atoms with Crippen LogP contribution in [0.5, 0.6) is 5.75 Å². The Bertz CT molecular complexity index is 1100. The van der Waals surface area contributed by atoms with Gasteiger partial charge in [0, 0.05) is 6.04 Å². The first kappa shape index (κ1) is 22.1. The molecule has 1 fully saturated rings. The summed E-state index contributed by atoms with van der Waals surface area (Å²) in [5.74, 6) is 0.00527. The van der Waals surface area contributed by atoms with Crippen LogP contribution in [0.15, 0.2) is 70.6 Å². The number of ether oxygens (including phenoxy) is 1. The normalized spacial score (nSPS) is 18.2. The van der Waals surface area contributed by atoms with E-state index in [-0.39, 0.29) is 30.0 Å². The van der Waals surface area contributed by atoms with Crippen molar-refractivity contribution in [2.24, 2.45) is 0 Å². The van der Waals surface area contributed by atoms with Crippen LogP contribution in [0.2, 0.25) is 0 Å². The summed E-state index contributed by atoms with van der Waals surface area (Å²) in [7, 11) is 0. The number of carbonyl (C=O) groups is 1. The monoisotopic (exact) mass is 449 g/mol. The molecule has 1 saturated carbocycles. The number of rotatable bonds is 7. The molecule has 6 nitrogen and oxygen atoms in total. The average molecular weight is 450 g/mol. The van der Waals surface area contributed by atoms with Gasteiger partial charge in [-0.25, -0.2) is 4.98 Å². The van der Waals surface area contributed by atoms with Crippen molar-refractivity contribution in [1.29, 1.82) is 0 Å². The summed E-state index contributed by atoms with van der Waals surface area (Å²) in [6, 6.07) is 20.0. The zero-order valence-electron chi connectivity index (χ0n) is 18.0. The molecule has 2 aromatic carbocycles. The number of aromatic amines is 1. The lowest BCUT2D eigenvalue weighted by Gasteiger charge is -2.30. The van der Waals surface area contributed by atoms with Crippen LogP contribution >= 0.6 is 11.8 Å². The van der Waals surface area contributed by atoms with Gasteiger partial charge in [-0.15, -0.1) is 0 Å². The van der Waals surface area contributed by atoms with Gasteiger partial charge >= 0.3 is 0 Å². The van der Waals surface area contributed by atoms with Crippen molar-refractivity contribution in [2.45, 2.75) is 49.4 Å². The molecule has 166 valence electrons. The van der Waals surface area contributed by atoms with Crippen LogP contribution < -0.4 is 15.6 Å². The van der Waals surface area contributed by atoms with Gasteiger partial charge < -0.3 is 10.1 Å². The van der Waals surface area contributed by atoms with Crippen molar-refractivity contribution < 1.29 is 9.53 Å². The van der Waals surface area contributed by atoms with E-state index in [0.29, 0.717) is 11.1 Å². The molecule has 0 aliphatic heterocycles. The lowest BCUT2D eigenvalue weighted by molar-refractivity contribution is 0.0913. The first-order valence-corrected chi connectivity index (χ1v) is 12.1. The van der Waals surface area contributed by atoms with E-state index < -0.39 is 5.56 Å². The number of H-pyrrole nitrogens is 1. The summed E-state index contributed by atoms with van der Waals surface area (Å²) in [4.78, 5) is 32.9. The van der Waals surface area contributed by atoms with E-state index in [1.54, 1.807) is 6.26 Å². The van der Waals surface area contributed by atoms with E-state index in [1.165, 1.54) is 17.3 Å². The number of carbonyl (C=O) groups excluding carboxylic acids is 1. The van der Waals surface area contributed by atoms with Crippen molar-refractivity contribution in [3.63, 3.8) is 0 Å². The molecular weight excluding hydrogens is 422 g/mol. The number of hydrogen-bond acceptors (Lipinski definition) is 5. The Morgan fingerprint density at radius 3 is 2.56 bits per heavy atom. The largest absolute Gasteiger partial charge is 0.481 e. The molecule has 2 unspecified atom stereocenters. The topological polar surface area (TPSA) is 84.1 Å². The minimum atomic E-state index is -0.448. The lowest BCUT2D eigenvalue weighted by atomic mass is 9.81. The number of nitrogens with one attached hydrogen (secondary N) is 2. The van der Waals surface area contributed by atoms with E-state index >= 15 is 0 Å². The quantitative estimate of drug-likeness (QED) is 0.409. The molecule has 4 rings (SSSR count). The van der Waals surface area contributed by atoms with Crippen molar-refractivity contribution in [2.75, 3.05) is 6.26 Å². The maximum absolute atomic E-state index is 13.2. The molecule has 1 amide bonds. The van der Waals surface area contributed by atoms with Gasteiger partial charge in [-0.3, -0.25) is 14.6 Å². The Kier molecular flexibility index (Phi) is 7.27. The van der Waals surface area contributed by atoms with Crippen molar-refractivity contribution in [3.05, 3.63) is 87.8 Å². The molecule has 2 atom stereocenters. The Labute approximate surface area is 191 Å². The highest BCUT2D eigenvalue weighted by Crippen LogP contribution is 2.33. The van der Waals surface area contributed by atoms with Crippen molar-refractivity contribution in [3.8, 4) is 5.75 Å².